The number of nitrogens with zero attached hydrogens (tertiary/aromatic N) is 5. The highest BCUT2D eigenvalue weighted by Gasteiger charge is 2.46. The Bertz CT molecular complexity index is 1090. The third kappa shape index (κ3) is 2.98. The first kappa shape index (κ1) is 16.5. The molecule has 0 radical (unpaired) electrons. The Morgan fingerprint density at radius 3 is 2.36 bits per heavy atom. The molecule has 2 heterocycles. The summed E-state index contributed by atoms with van der Waals surface area (Å²) in [5, 5.41) is 17.1. The van der Waals surface area contributed by atoms with Crippen LogP contribution in [-0.2, 0) is 5.54 Å². The largest absolute Gasteiger partial charge is 0.345 e. The second-order valence-electron chi connectivity index (χ2n) is 6.80. The van der Waals surface area contributed by atoms with Crippen LogP contribution in [0.2, 0.25) is 0 Å². The molecular weight excluding hydrogens is 357 g/mol. The Morgan fingerprint density at radius 1 is 0.929 bits per heavy atom. The molecule has 4 aromatic rings. The van der Waals surface area contributed by atoms with Crippen molar-refractivity contribution in [2.75, 3.05) is 5.32 Å². The predicted molar refractivity (Wildman–Crippen MR) is 102 cm³/mol. The molecule has 0 amide bonds. The van der Waals surface area contributed by atoms with Crippen LogP contribution in [-0.4, -0.2) is 30.6 Å². The Hall–Kier alpha value is -3.68. The van der Waals surface area contributed by atoms with E-state index in [0.717, 1.165) is 29.5 Å². The first-order chi connectivity index (χ1) is 13.7. The van der Waals surface area contributed by atoms with E-state index in [4.69, 9.17) is 0 Å². The molecule has 1 fully saturated rings. The van der Waals surface area contributed by atoms with Gasteiger partial charge in [-0.05, 0) is 52.1 Å². The fourth-order valence-electron chi connectivity index (χ4n) is 3.38. The number of rotatable bonds is 5. The summed E-state index contributed by atoms with van der Waals surface area (Å²) in [5.74, 6) is 0.827. The van der Waals surface area contributed by atoms with Crippen molar-refractivity contribution in [2.45, 2.75) is 18.4 Å². The molecule has 28 heavy (non-hydrogen) atoms. The number of aromatic nitrogens is 6. The first-order valence-corrected chi connectivity index (χ1v) is 8.93. The standard InChI is InChI=1S/C20H16FN7/c21-15-7-5-13(6-8-15)16-3-1-2-4-17(16)20(9-10-20)24-19-22-11-14(12-23-19)18-25-27-28-26-18/h1-8,11-12H,9-10H2,(H,22,23,24)(H,25,26,27,28). The van der Waals surface area contributed by atoms with Gasteiger partial charge in [-0.15, -0.1) is 5.10 Å². The maximum absolute atomic E-state index is 13.3. The van der Waals surface area contributed by atoms with Crippen LogP contribution in [0.25, 0.3) is 22.5 Å². The summed E-state index contributed by atoms with van der Waals surface area (Å²) in [6.07, 6.45) is 5.31. The summed E-state index contributed by atoms with van der Waals surface area (Å²) in [6, 6.07) is 14.8. The fraction of sp³-hybridized carbons (Fsp3) is 0.150. The summed E-state index contributed by atoms with van der Waals surface area (Å²) in [4.78, 5) is 8.82. The molecule has 0 aliphatic heterocycles. The molecule has 0 atom stereocenters. The van der Waals surface area contributed by atoms with Crippen molar-refractivity contribution in [3.05, 3.63) is 72.3 Å². The number of aromatic amines is 1. The Kier molecular flexibility index (Phi) is 3.82. The number of hydrogen-bond acceptors (Lipinski definition) is 6. The quantitative estimate of drug-likeness (QED) is 0.556. The van der Waals surface area contributed by atoms with E-state index in [2.05, 4.69) is 48.0 Å². The van der Waals surface area contributed by atoms with Crippen LogP contribution in [0.1, 0.15) is 18.4 Å². The number of anilines is 1. The summed E-state index contributed by atoms with van der Waals surface area (Å²) < 4.78 is 13.3. The van der Waals surface area contributed by atoms with Gasteiger partial charge in [-0.25, -0.2) is 19.5 Å². The van der Waals surface area contributed by atoms with E-state index in [1.54, 1.807) is 24.5 Å². The van der Waals surface area contributed by atoms with Crippen LogP contribution in [0, 0.1) is 5.82 Å². The molecule has 0 unspecified atom stereocenters. The van der Waals surface area contributed by atoms with Crippen molar-refractivity contribution in [3.8, 4) is 22.5 Å². The smallest absolute Gasteiger partial charge is 0.223 e. The highest BCUT2D eigenvalue weighted by atomic mass is 19.1. The minimum atomic E-state index is -0.240. The van der Waals surface area contributed by atoms with Gasteiger partial charge in [-0.3, -0.25) is 0 Å². The molecule has 5 rings (SSSR count). The highest BCUT2D eigenvalue weighted by molar-refractivity contribution is 5.70. The minimum absolute atomic E-state index is 0.222. The predicted octanol–water partition coefficient (Wildman–Crippen LogP) is 3.56. The van der Waals surface area contributed by atoms with Gasteiger partial charge < -0.3 is 5.32 Å². The number of benzene rings is 2. The van der Waals surface area contributed by atoms with Gasteiger partial charge >= 0.3 is 0 Å². The molecule has 1 saturated carbocycles. The Labute approximate surface area is 160 Å². The van der Waals surface area contributed by atoms with Gasteiger partial charge in [0.05, 0.1) is 11.1 Å². The lowest BCUT2D eigenvalue weighted by molar-refractivity contribution is 0.628. The van der Waals surface area contributed by atoms with Crippen LogP contribution >= 0.6 is 0 Å². The van der Waals surface area contributed by atoms with Crippen molar-refractivity contribution in [3.63, 3.8) is 0 Å². The number of H-pyrrole nitrogens is 1. The number of halogens is 1. The van der Waals surface area contributed by atoms with Crippen molar-refractivity contribution >= 4 is 5.95 Å². The Morgan fingerprint density at radius 2 is 1.68 bits per heavy atom. The number of tetrazole rings is 1. The summed E-state index contributed by atoms with van der Waals surface area (Å²) >= 11 is 0. The topological polar surface area (TPSA) is 92.3 Å². The number of hydrogen-bond donors (Lipinski definition) is 2. The van der Waals surface area contributed by atoms with Gasteiger partial charge in [0.15, 0.2) is 5.82 Å². The van der Waals surface area contributed by atoms with E-state index in [0.29, 0.717) is 17.3 Å². The van der Waals surface area contributed by atoms with Crippen molar-refractivity contribution in [2.24, 2.45) is 0 Å². The molecule has 2 aromatic carbocycles. The van der Waals surface area contributed by atoms with Gasteiger partial charge in [0.25, 0.3) is 0 Å². The molecule has 7 nitrogen and oxygen atoms in total. The third-order valence-electron chi connectivity index (χ3n) is 4.97. The van der Waals surface area contributed by atoms with E-state index in [9.17, 15) is 4.39 Å². The Balaban J connectivity index is 1.45. The van der Waals surface area contributed by atoms with Crippen molar-refractivity contribution < 1.29 is 4.39 Å². The van der Waals surface area contributed by atoms with Crippen molar-refractivity contribution in [1.29, 1.82) is 0 Å². The fourth-order valence-corrected chi connectivity index (χ4v) is 3.38. The molecular formula is C20H16FN7. The molecule has 2 aromatic heterocycles. The van der Waals surface area contributed by atoms with E-state index >= 15 is 0 Å². The molecule has 1 aliphatic carbocycles. The highest BCUT2D eigenvalue weighted by Crippen LogP contribution is 2.50. The van der Waals surface area contributed by atoms with E-state index in [-0.39, 0.29) is 11.4 Å². The van der Waals surface area contributed by atoms with E-state index in [1.807, 2.05) is 12.1 Å². The van der Waals surface area contributed by atoms with Crippen LogP contribution in [0.15, 0.2) is 60.9 Å². The van der Waals surface area contributed by atoms with Crippen LogP contribution in [0.3, 0.4) is 0 Å². The zero-order chi connectivity index (χ0) is 19.0. The average Bonchev–Trinajstić information content (AvgIpc) is 3.30. The van der Waals surface area contributed by atoms with Gasteiger partial charge in [-0.2, -0.15) is 0 Å². The summed E-state index contributed by atoms with van der Waals surface area (Å²) in [5.41, 5.74) is 3.72. The van der Waals surface area contributed by atoms with Gasteiger partial charge in [0, 0.05) is 12.4 Å². The zero-order valence-electron chi connectivity index (χ0n) is 14.8. The molecule has 138 valence electrons. The molecule has 2 N–H and O–H groups in total. The van der Waals surface area contributed by atoms with Gasteiger partial charge in [0.1, 0.15) is 5.82 Å². The monoisotopic (exact) mass is 373 g/mol. The maximum atomic E-state index is 13.3. The molecule has 0 saturated heterocycles. The lowest BCUT2D eigenvalue weighted by atomic mass is 9.93. The maximum Gasteiger partial charge on any atom is 0.223 e. The van der Waals surface area contributed by atoms with E-state index in [1.165, 1.54) is 12.1 Å². The SMILES string of the molecule is Fc1ccc(-c2ccccc2C2(Nc3ncc(-c4nnn[nH]4)cn3)CC2)cc1. The van der Waals surface area contributed by atoms with Gasteiger partial charge in [-0.1, -0.05) is 36.4 Å². The molecule has 0 spiro atoms. The van der Waals surface area contributed by atoms with Gasteiger partial charge in [0.2, 0.25) is 5.95 Å². The van der Waals surface area contributed by atoms with Crippen molar-refractivity contribution in [1.82, 2.24) is 30.6 Å². The zero-order valence-corrected chi connectivity index (χ0v) is 14.8. The van der Waals surface area contributed by atoms with E-state index < -0.39 is 0 Å². The first-order valence-electron chi connectivity index (χ1n) is 8.93. The minimum Gasteiger partial charge on any atom is -0.345 e. The van der Waals surface area contributed by atoms with Crippen LogP contribution in [0.5, 0.6) is 0 Å². The summed E-state index contributed by atoms with van der Waals surface area (Å²) in [6.45, 7) is 0. The van der Waals surface area contributed by atoms with Crippen LogP contribution < -0.4 is 5.32 Å². The molecule has 1 aliphatic rings. The normalized spacial score (nSPS) is 14.6. The third-order valence-corrected chi connectivity index (χ3v) is 4.97. The molecule has 8 heteroatoms. The second-order valence-corrected chi connectivity index (χ2v) is 6.80. The van der Waals surface area contributed by atoms with Crippen LogP contribution in [0.4, 0.5) is 10.3 Å². The average molecular weight is 373 g/mol. The molecule has 0 bridgehead atoms. The lowest BCUT2D eigenvalue weighted by Crippen LogP contribution is -2.21. The number of nitrogens with one attached hydrogen (secondary N) is 2. The lowest BCUT2D eigenvalue weighted by Gasteiger charge is -2.21. The second kappa shape index (κ2) is 6.49. The summed E-state index contributed by atoms with van der Waals surface area (Å²) in [7, 11) is 0.